The molecule has 4 heteroatoms. The van der Waals surface area contributed by atoms with Gasteiger partial charge in [0.2, 0.25) is 0 Å². The zero-order valence-corrected chi connectivity index (χ0v) is 13.2. The molecule has 0 fully saturated rings. The summed E-state index contributed by atoms with van der Waals surface area (Å²) in [6.45, 7) is 0. The number of hydrogen-bond acceptors (Lipinski definition) is 3. The van der Waals surface area contributed by atoms with E-state index in [2.05, 4.69) is 45.6 Å². The molecule has 1 aromatic carbocycles. The highest BCUT2D eigenvalue weighted by molar-refractivity contribution is 9.10. The van der Waals surface area contributed by atoms with Crippen molar-refractivity contribution in [3.05, 3.63) is 49.9 Å². The van der Waals surface area contributed by atoms with Gasteiger partial charge in [0.1, 0.15) is 5.01 Å². The van der Waals surface area contributed by atoms with Crippen LogP contribution in [0.5, 0.6) is 0 Å². The molecule has 2 aromatic heterocycles. The van der Waals surface area contributed by atoms with Crippen LogP contribution in [0, 0.1) is 0 Å². The second-order valence-corrected chi connectivity index (χ2v) is 7.47. The van der Waals surface area contributed by atoms with Crippen molar-refractivity contribution in [2.75, 3.05) is 0 Å². The van der Waals surface area contributed by atoms with E-state index in [1.54, 1.807) is 0 Å². The number of fused-ring (bicyclic) bond motifs is 3. The summed E-state index contributed by atoms with van der Waals surface area (Å²) in [5.41, 5.74) is 3.75. The lowest BCUT2D eigenvalue weighted by Crippen LogP contribution is -1.97. The molecule has 0 saturated heterocycles. The minimum Gasteiger partial charge on any atom is -0.236 e. The molecule has 2 heterocycles. The van der Waals surface area contributed by atoms with Crippen LogP contribution in [0.1, 0.15) is 9.75 Å². The standard InChI is InChI=1S/C15H10BrNS2/c16-11-4-2-1-3-9(11)15-17-14-10-7-8-18-12(10)5-6-13(14)19-15/h1-4,7-8H,5-6H2. The molecule has 4 rings (SSSR count). The summed E-state index contributed by atoms with van der Waals surface area (Å²) in [6, 6.07) is 10.5. The normalized spacial score (nSPS) is 13.1. The van der Waals surface area contributed by atoms with Gasteiger partial charge in [-0.05, 0) is 30.4 Å². The maximum atomic E-state index is 4.89. The number of thiophene rings is 1. The monoisotopic (exact) mass is 347 g/mol. The smallest absolute Gasteiger partial charge is 0.125 e. The minimum absolute atomic E-state index is 1.12. The number of aromatic nitrogens is 1. The molecule has 1 aliphatic carbocycles. The fourth-order valence-electron chi connectivity index (χ4n) is 2.45. The number of nitrogens with zero attached hydrogens (tertiary/aromatic N) is 1. The van der Waals surface area contributed by atoms with Crippen LogP contribution >= 0.6 is 38.6 Å². The summed E-state index contributed by atoms with van der Waals surface area (Å²) < 4.78 is 1.12. The van der Waals surface area contributed by atoms with E-state index < -0.39 is 0 Å². The first-order chi connectivity index (χ1) is 9.33. The highest BCUT2D eigenvalue weighted by atomic mass is 79.9. The van der Waals surface area contributed by atoms with E-state index >= 15 is 0 Å². The molecule has 0 amide bonds. The maximum Gasteiger partial charge on any atom is 0.125 e. The molecule has 0 saturated carbocycles. The predicted molar refractivity (Wildman–Crippen MR) is 86.0 cm³/mol. The fourth-order valence-corrected chi connectivity index (χ4v) is 5.05. The Morgan fingerprint density at radius 1 is 1.00 bits per heavy atom. The Balaban J connectivity index is 1.89. The number of benzene rings is 1. The lowest BCUT2D eigenvalue weighted by atomic mass is 10.0. The van der Waals surface area contributed by atoms with Crippen LogP contribution in [0.4, 0.5) is 0 Å². The van der Waals surface area contributed by atoms with Gasteiger partial charge < -0.3 is 0 Å². The van der Waals surface area contributed by atoms with Gasteiger partial charge in [0.25, 0.3) is 0 Å². The molecule has 0 bridgehead atoms. The van der Waals surface area contributed by atoms with E-state index in [1.807, 2.05) is 28.7 Å². The first kappa shape index (κ1) is 11.8. The Kier molecular flexibility index (Phi) is 2.83. The SMILES string of the molecule is Brc1ccccc1-c1nc2c(s1)CCc1sccc1-2. The van der Waals surface area contributed by atoms with Crippen molar-refractivity contribution in [2.45, 2.75) is 12.8 Å². The highest BCUT2D eigenvalue weighted by Crippen LogP contribution is 2.42. The van der Waals surface area contributed by atoms with Gasteiger partial charge in [0.15, 0.2) is 0 Å². The van der Waals surface area contributed by atoms with Crippen molar-refractivity contribution in [3.63, 3.8) is 0 Å². The predicted octanol–water partition coefficient (Wildman–Crippen LogP) is 5.40. The van der Waals surface area contributed by atoms with Crippen molar-refractivity contribution in [2.24, 2.45) is 0 Å². The molecule has 19 heavy (non-hydrogen) atoms. The van der Waals surface area contributed by atoms with Crippen LogP contribution < -0.4 is 0 Å². The van der Waals surface area contributed by atoms with Crippen LogP contribution in [0.3, 0.4) is 0 Å². The number of rotatable bonds is 1. The lowest BCUT2D eigenvalue weighted by Gasteiger charge is -2.09. The van der Waals surface area contributed by atoms with Crippen LogP contribution in [0.25, 0.3) is 21.8 Å². The zero-order chi connectivity index (χ0) is 12.8. The van der Waals surface area contributed by atoms with Gasteiger partial charge in [0, 0.05) is 25.4 Å². The van der Waals surface area contributed by atoms with E-state index in [-0.39, 0.29) is 0 Å². The summed E-state index contributed by atoms with van der Waals surface area (Å²) in [7, 11) is 0. The Bertz CT molecular complexity index is 757. The third-order valence-corrected chi connectivity index (χ3v) is 6.20. The molecule has 0 atom stereocenters. The minimum atomic E-state index is 1.12. The summed E-state index contributed by atoms with van der Waals surface area (Å²) in [5, 5.41) is 3.30. The van der Waals surface area contributed by atoms with E-state index in [9.17, 15) is 0 Å². The van der Waals surface area contributed by atoms with E-state index in [4.69, 9.17) is 4.98 Å². The van der Waals surface area contributed by atoms with Gasteiger partial charge in [-0.3, -0.25) is 0 Å². The first-order valence-corrected chi connectivity index (χ1v) is 8.63. The van der Waals surface area contributed by atoms with Gasteiger partial charge in [-0.15, -0.1) is 22.7 Å². The second-order valence-electron chi connectivity index (χ2n) is 4.53. The molecule has 0 unspecified atom stereocenters. The molecule has 0 N–H and O–H groups in total. The average Bonchev–Trinajstić information content (AvgIpc) is 3.04. The molecule has 3 aromatic rings. The molecule has 1 aliphatic rings. The Morgan fingerprint density at radius 3 is 2.74 bits per heavy atom. The molecular formula is C15H10BrNS2. The summed E-state index contributed by atoms with van der Waals surface area (Å²) in [5.74, 6) is 0. The zero-order valence-electron chi connectivity index (χ0n) is 10.0. The second kappa shape index (κ2) is 4.54. The molecule has 0 aliphatic heterocycles. The number of aryl methyl sites for hydroxylation is 2. The molecule has 0 spiro atoms. The highest BCUT2D eigenvalue weighted by Gasteiger charge is 2.22. The lowest BCUT2D eigenvalue weighted by molar-refractivity contribution is 0.979. The molecule has 0 radical (unpaired) electrons. The van der Waals surface area contributed by atoms with E-state index in [1.165, 1.54) is 26.6 Å². The van der Waals surface area contributed by atoms with Crippen molar-refractivity contribution in [3.8, 4) is 21.8 Å². The van der Waals surface area contributed by atoms with Crippen LogP contribution in [-0.4, -0.2) is 4.98 Å². The van der Waals surface area contributed by atoms with Gasteiger partial charge in [-0.25, -0.2) is 4.98 Å². The van der Waals surface area contributed by atoms with Crippen molar-refractivity contribution >= 4 is 38.6 Å². The van der Waals surface area contributed by atoms with Crippen molar-refractivity contribution in [1.29, 1.82) is 0 Å². The molecule has 1 nitrogen and oxygen atoms in total. The third-order valence-electron chi connectivity index (χ3n) is 3.38. The topological polar surface area (TPSA) is 12.9 Å². The Morgan fingerprint density at radius 2 is 1.84 bits per heavy atom. The van der Waals surface area contributed by atoms with Gasteiger partial charge in [-0.1, -0.05) is 34.1 Å². The van der Waals surface area contributed by atoms with Gasteiger partial charge >= 0.3 is 0 Å². The third kappa shape index (κ3) is 1.90. The maximum absolute atomic E-state index is 4.89. The quantitative estimate of drug-likeness (QED) is 0.574. The number of halogens is 1. The fraction of sp³-hybridized carbons (Fsp3) is 0.133. The molecular weight excluding hydrogens is 338 g/mol. The van der Waals surface area contributed by atoms with Gasteiger partial charge in [-0.2, -0.15) is 0 Å². The van der Waals surface area contributed by atoms with Crippen molar-refractivity contribution < 1.29 is 0 Å². The van der Waals surface area contributed by atoms with Crippen LogP contribution in [-0.2, 0) is 12.8 Å². The largest absolute Gasteiger partial charge is 0.236 e. The van der Waals surface area contributed by atoms with Gasteiger partial charge in [0.05, 0.1) is 5.69 Å². The number of hydrogen-bond donors (Lipinski definition) is 0. The van der Waals surface area contributed by atoms with Crippen LogP contribution in [0.2, 0.25) is 0 Å². The summed E-state index contributed by atoms with van der Waals surface area (Å²) in [4.78, 5) is 7.80. The van der Waals surface area contributed by atoms with Crippen LogP contribution in [0.15, 0.2) is 40.2 Å². The Labute approximate surface area is 128 Å². The first-order valence-electron chi connectivity index (χ1n) is 6.14. The van der Waals surface area contributed by atoms with E-state index in [0.717, 1.165) is 22.3 Å². The summed E-state index contributed by atoms with van der Waals surface area (Å²) >= 11 is 7.30. The Hall–Kier alpha value is -0.970. The van der Waals surface area contributed by atoms with Crippen molar-refractivity contribution in [1.82, 2.24) is 4.98 Å². The van der Waals surface area contributed by atoms with E-state index in [0.29, 0.717) is 0 Å². The number of thiazole rings is 1. The average molecular weight is 348 g/mol. The molecule has 94 valence electrons. The summed E-state index contributed by atoms with van der Waals surface area (Å²) in [6.07, 6.45) is 2.29.